The lowest BCUT2D eigenvalue weighted by molar-refractivity contribution is 0.0968. The van der Waals surface area contributed by atoms with Crippen LogP contribution in [0.5, 0.6) is 0 Å². The zero-order valence-electron chi connectivity index (χ0n) is 6.75. The molecule has 0 atom stereocenters. The Kier molecular flexibility index (Phi) is 2.82. The maximum atomic E-state index is 11.2. The SMILES string of the molecule is C=CCC(=O)c1ccc(CN)o1. The van der Waals surface area contributed by atoms with Crippen LogP contribution >= 0.6 is 0 Å². The Morgan fingerprint density at radius 2 is 2.42 bits per heavy atom. The van der Waals surface area contributed by atoms with E-state index in [1.54, 1.807) is 18.2 Å². The van der Waals surface area contributed by atoms with Crippen LogP contribution in [0.15, 0.2) is 29.2 Å². The van der Waals surface area contributed by atoms with Crippen LogP contribution in [-0.4, -0.2) is 5.78 Å². The largest absolute Gasteiger partial charge is 0.457 e. The average Bonchev–Trinajstić information content (AvgIpc) is 2.52. The third kappa shape index (κ3) is 1.83. The molecule has 0 bridgehead atoms. The van der Waals surface area contributed by atoms with E-state index in [4.69, 9.17) is 10.2 Å². The van der Waals surface area contributed by atoms with Gasteiger partial charge in [0, 0.05) is 6.42 Å². The number of Topliss-reactive ketones (excluding diaryl/α,β-unsaturated/α-hetero) is 1. The quantitative estimate of drug-likeness (QED) is 0.543. The molecule has 0 saturated heterocycles. The highest BCUT2D eigenvalue weighted by molar-refractivity contribution is 5.94. The Morgan fingerprint density at radius 1 is 1.67 bits per heavy atom. The van der Waals surface area contributed by atoms with Crippen molar-refractivity contribution >= 4 is 5.78 Å². The van der Waals surface area contributed by atoms with Gasteiger partial charge in [0.25, 0.3) is 0 Å². The lowest BCUT2D eigenvalue weighted by Crippen LogP contribution is -1.95. The summed E-state index contributed by atoms with van der Waals surface area (Å²) in [6.07, 6.45) is 1.85. The number of carbonyl (C=O) groups is 1. The van der Waals surface area contributed by atoms with E-state index < -0.39 is 0 Å². The van der Waals surface area contributed by atoms with Crippen molar-refractivity contribution in [3.8, 4) is 0 Å². The smallest absolute Gasteiger partial charge is 0.201 e. The summed E-state index contributed by atoms with van der Waals surface area (Å²) in [6.45, 7) is 3.79. The number of hydrogen-bond acceptors (Lipinski definition) is 3. The van der Waals surface area contributed by atoms with Gasteiger partial charge >= 0.3 is 0 Å². The van der Waals surface area contributed by atoms with Crippen molar-refractivity contribution in [1.29, 1.82) is 0 Å². The minimum atomic E-state index is -0.0651. The van der Waals surface area contributed by atoms with E-state index >= 15 is 0 Å². The van der Waals surface area contributed by atoms with Crippen molar-refractivity contribution < 1.29 is 9.21 Å². The highest BCUT2D eigenvalue weighted by Crippen LogP contribution is 2.09. The monoisotopic (exact) mass is 165 g/mol. The van der Waals surface area contributed by atoms with Gasteiger partial charge in [0.2, 0.25) is 5.78 Å². The molecule has 0 aliphatic carbocycles. The summed E-state index contributed by atoms with van der Waals surface area (Å²) >= 11 is 0. The lowest BCUT2D eigenvalue weighted by Gasteiger charge is -1.90. The van der Waals surface area contributed by atoms with Crippen LogP contribution in [-0.2, 0) is 6.54 Å². The predicted octanol–water partition coefficient (Wildman–Crippen LogP) is 1.50. The van der Waals surface area contributed by atoms with Crippen LogP contribution in [0.3, 0.4) is 0 Å². The summed E-state index contributed by atoms with van der Waals surface area (Å²) in [6, 6.07) is 3.34. The molecule has 0 spiro atoms. The van der Waals surface area contributed by atoms with Gasteiger partial charge in [-0.1, -0.05) is 6.08 Å². The first-order chi connectivity index (χ1) is 5.77. The Hall–Kier alpha value is -1.35. The van der Waals surface area contributed by atoms with Crippen molar-refractivity contribution in [2.24, 2.45) is 5.73 Å². The van der Waals surface area contributed by atoms with E-state index in [1.165, 1.54) is 0 Å². The molecule has 1 heterocycles. The second-order valence-electron chi connectivity index (χ2n) is 2.39. The van der Waals surface area contributed by atoms with E-state index in [0.717, 1.165) is 0 Å². The molecule has 0 unspecified atom stereocenters. The molecule has 0 fully saturated rings. The van der Waals surface area contributed by atoms with Crippen molar-refractivity contribution in [2.75, 3.05) is 0 Å². The highest BCUT2D eigenvalue weighted by atomic mass is 16.3. The molecule has 3 nitrogen and oxygen atoms in total. The van der Waals surface area contributed by atoms with Gasteiger partial charge in [-0.2, -0.15) is 0 Å². The summed E-state index contributed by atoms with van der Waals surface area (Å²) < 4.78 is 5.12. The number of furan rings is 1. The normalized spacial score (nSPS) is 9.75. The van der Waals surface area contributed by atoms with E-state index in [2.05, 4.69) is 6.58 Å². The minimum Gasteiger partial charge on any atom is -0.457 e. The molecule has 0 aliphatic heterocycles. The van der Waals surface area contributed by atoms with Crippen LogP contribution in [0.2, 0.25) is 0 Å². The van der Waals surface area contributed by atoms with Gasteiger partial charge in [-0.15, -0.1) is 6.58 Å². The summed E-state index contributed by atoms with van der Waals surface area (Å²) in [5, 5.41) is 0. The van der Waals surface area contributed by atoms with Crippen molar-refractivity contribution in [3.63, 3.8) is 0 Å². The summed E-state index contributed by atoms with van der Waals surface area (Å²) in [7, 11) is 0. The molecular formula is C9H11NO2. The molecule has 3 heteroatoms. The van der Waals surface area contributed by atoms with Gasteiger partial charge < -0.3 is 10.2 Å². The second kappa shape index (κ2) is 3.88. The third-order valence-electron chi connectivity index (χ3n) is 1.47. The first-order valence-corrected chi connectivity index (χ1v) is 3.70. The Bertz CT molecular complexity index is 288. The molecule has 1 aromatic rings. The van der Waals surface area contributed by atoms with Crippen LogP contribution in [0.25, 0.3) is 0 Å². The number of nitrogens with two attached hydrogens (primary N) is 1. The average molecular weight is 165 g/mol. The van der Waals surface area contributed by atoms with Gasteiger partial charge in [-0.05, 0) is 12.1 Å². The van der Waals surface area contributed by atoms with E-state index in [9.17, 15) is 4.79 Å². The van der Waals surface area contributed by atoms with E-state index in [-0.39, 0.29) is 5.78 Å². The fourth-order valence-electron chi connectivity index (χ4n) is 0.869. The Labute approximate surface area is 70.9 Å². The van der Waals surface area contributed by atoms with Gasteiger partial charge in [-0.25, -0.2) is 0 Å². The summed E-state index contributed by atoms with van der Waals surface area (Å²) in [5.41, 5.74) is 5.31. The van der Waals surface area contributed by atoms with Crippen molar-refractivity contribution in [1.82, 2.24) is 0 Å². The number of carbonyl (C=O) groups excluding carboxylic acids is 1. The molecule has 1 aromatic heterocycles. The molecule has 1 rings (SSSR count). The maximum absolute atomic E-state index is 11.2. The number of allylic oxidation sites excluding steroid dienone is 1. The number of ketones is 1. The fourth-order valence-corrected chi connectivity index (χ4v) is 0.869. The third-order valence-corrected chi connectivity index (χ3v) is 1.47. The number of rotatable bonds is 4. The molecule has 12 heavy (non-hydrogen) atoms. The Morgan fingerprint density at radius 3 is 2.92 bits per heavy atom. The van der Waals surface area contributed by atoms with Crippen LogP contribution in [0, 0.1) is 0 Å². The van der Waals surface area contributed by atoms with E-state index in [1.807, 2.05) is 0 Å². The molecule has 0 aromatic carbocycles. The summed E-state index contributed by atoms with van der Waals surface area (Å²) in [5.74, 6) is 0.919. The summed E-state index contributed by atoms with van der Waals surface area (Å²) in [4.78, 5) is 11.2. The zero-order chi connectivity index (χ0) is 8.97. The van der Waals surface area contributed by atoms with Crippen molar-refractivity contribution in [2.45, 2.75) is 13.0 Å². The zero-order valence-corrected chi connectivity index (χ0v) is 6.75. The molecule has 0 saturated carbocycles. The first-order valence-electron chi connectivity index (χ1n) is 3.70. The van der Waals surface area contributed by atoms with Crippen LogP contribution in [0.4, 0.5) is 0 Å². The Balaban J connectivity index is 2.74. The second-order valence-corrected chi connectivity index (χ2v) is 2.39. The topological polar surface area (TPSA) is 56.2 Å². The van der Waals surface area contributed by atoms with Crippen LogP contribution in [0.1, 0.15) is 22.7 Å². The fraction of sp³-hybridized carbons (Fsp3) is 0.222. The van der Waals surface area contributed by atoms with Gasteiger partial charge in [0.1, 0.15) is 5.76 Å². The molecule has 0 amide bonds. The minimum absolute atomic E-state index is 0.0651. The molecule has 2 N–H and O–H groups in total. The molecule has 0 aliphatic rings. The first kappa shape index (κ1) is 8.74. The molecule has 0 radical (unpaired) electrons. The molecule has 64 valence electrons. The van der Waals surface area contributed by atoms with Crippen LogP contribution < -0.4 is 5.73 Å². The van der Waals surface area contributed by atoms with Gasteiger partial charge in [-0.3, -0.25) is 4.79 Å². The maximum Gasteiger partial charge on any atom is 0.201 e. The lowest BCUT2D eigenvalue weighted by atomic mass is 10.2. The van der Waals surface area contributed by atoms with Gasteiger partial charge in [0.05, 0.1) is 6.54 Å². The standard InChI is InChI=1S/C9H11NO2/c1-2-3-8(11)9-5-4-7(6-10)12-9/h2,4-5H,1,3,6,10H2. The molecular weight excluding hydrogens is 154 g/mol. The van der Waals surface area contributed by atoms with Gasteiger partial charge in [0.15, 0.2) is 5.76 Å². The number of hydrogen-bond donors (Lipinski definition) is 1. The predicted molar refractivity (Wildman–Crippen MR) is 45.7 cm³/mol. The van der Waals surface area contributed by atoms with E-state index in [0.29, 0.717) is 24.5 Å². The highest BCUT2D eigenvalue weighted by Gasteiger charge is 2.07. The van der Waals surface area contributed by atoms with Crippen molar-refractivity contribution in [3.05, 3.63) is 36.3 Å².